The number of aliphatic imine (C=N–C) groups is 1. The average molecular weight is 300 g/mol. The van der Waals surface area contributed by atoms with E-state index in [1.54, 1.807) is 6.92 Å². The summed E-state index contributed by atoms with van der Waals surface area (Å²) in [5.41, 5.74) is 7.83. The van der Waals surface area contributed by atoms with Gasteiger partial charge in [-0.1, -0.05) is 28.1 Å². The number of alkyl halides is 1. The third-order valence-electron chi connectivity index (χ3n) is 2.46. The highest BCUT2D eigenvalue weighted by Crippen LogP contribution is 2.21. The number of unbranched alkanes of at least 4 members (excludes halogenated alkanes) is 1. The maximum absolute atomic E-state index is 12.0. The van der Waals surface area contributed by atoms with E-state index in [0.29, 0.717) is 18.8 Å². The molecule has 4 heteroatoms. The van der Waals surface area contributed by atoms with Crippen LogP contribution in [0, 0.1) is 0 Å². The Labute approximate surface area is 110 Å². The second-order valence-electron chi connectivity index (χ2n) is 4.03. The lowest BCUT2D eigenvalue weighted by Crippen LogP contribution is -2.05. The fourth-order valence-corrected chi connectivity index (χ4v) is 2.14. The van der Waals surface area contributed by atoms with Gasteiger partial charge in [-0.25, -0.2) is 0 Å². The van der Waals surface area contributed by atoms with Crippen LogP contribution in [0.25, 0.3) is 0 Å². The van der Waals surface area contributed by atoms with Crippen molar-refractivity contribution >= 4 is 21.8 Å². The minimum absolute atomic E-state index is 0.236. The first-order valence-corrected chi connectivity index (χ1v) is 6.52. The zero-order valence-electron chi connectivity index (χ0n) is 10.0. The summed E-state index contributed by atoms with van der Waals surface area (Å²) in [4.78, 5) is 4.17. The van der Waals surface area contributed by atoms with Crippen molar-refractivity contribution in [2.45, 2.75) is 32.7 Å². The highest BCUT2D eigenvalue weighted by atomic mass is 79.9. The van der Waals surface area contributed by atoms with Crippen LogP contribution in [0.1, 0.15) is 30.9 Å². The Morgan fingerprint density at radius 3 is 2.76 bits per heavy atom. The van der Waals surface area contributed by atoms with E-state index in [0.717, 1.165) is 22.9 Å². The van der Waals surface area contributed by atoms with Gasteiger partial charge in [0.2, 0.25) is 0 Å². The lowest BCUT2D eigenvalue weighted by molar-refractivity contribution is 0.462. The normalized spacial score (nSPS) is 11.8. The van der Waals surface area contributed by atoms with Gasteiger partial charge in [-0.15, -0.1) is 0 Å². The maximum atomic E-state index is 12.0. The largest absolute Gasteiger partial charge is 0.388 e. The molecule has 2 N–H and O–H groups in total. The Morgan fingerprint density at radius 1 is 1.41 bits per heavy atom. The molecule has 0 fully saturated rings. The SMILES string of the molecule is CC(N)=NCc1ccc(CCCC[18F])c(Br)c1. The minimum atomic E-state index is -0.236. The number of nitrogens with two attached hydrogens (primary N) is 1. The van der Waals surface area contributed by atoms with E-state index in [2.05, 4.69) is 33.1 Å². The molecule has 0 aromatic heterocycles. The van der Waals surface area contributed by atoms with Crippen molar-refractivity contribution in [2.75, 3.05) is 6.67 Å². The summed E-state index contributed by atoms with van der Waals surface area (Å²) in [7, 11) is 0. The third kappa shape index (κ3) is 5.31. The summed E-state index contributed by atoms with van der Waals surface area (Å²) in [6.45, 7) is 2.15. The van der Waals surface area contributed by atoms with Crippen LogP contribution in [0.3, 0.4) is 0 Å². The number of aryl methyl sites for hydroxylation is 1. The molecular formula is C13H18BrFN2. The van der Waals surface area contributed by atoms with Crippen molar-refractivity contribution in [2.24, 2.45) is 10.7 Å². The Bertz CT molecular complexity index is 387. The molecule has 0 radical (unpaired) electrons. The summed E-state index contributed by atoms with van der Waals surface area (Å²) in [6.07, 6.45) is 2.42. The number of hydrogen-bond acceptors (Lipinski definition) is 1. The van der Waals surface area contributed by atoms with Crippen LogP contribution in [-0.4, -0.2) is 12.5 Å². The summed E-state index contributed by atoms with van der Waals surface area (Å²) in [5, 5.41) is 0. The van der Waals surface area contributed by atoms with Crippen molar-refractivity contribution < 1.29 is 4.39 Å². The van der Waals surface area contributed by atoms with Gasteiger partial charge in [0, 0.05) is 4.47 Å². The Kier molecular flexibility index (Phi) is 6.19. The topological polar surface area (TPSA) is 38.4 Å². The molecule has 1 aromatic carbocycles. The fraction of sp³-hybridized carbons (Fsp3) is 0.462. The van der Waals surface area contributed by atoms with Crippen molar-refractivity contribution in [1.29, 1.82) is 0 Å². The van der Waals surface area contributed by atoms with E-state index in [9.17, 15) is 4.39 Å². The fourth-order valence-electron chi connectivity index (χ4n) is 1.52. The molecule has 17 heavy (non-hydrogen) atoms. The molecule has 1 aromatic rings. The molecule has 0 aliphatic rings. The number of benzene rings is 1. The molecule has 0 aliphatic heterocycles. The molecule has 0 bridgehead atoms. The second kappa shape index (κ2) is 7.43. The van der Waals surface area contributed by atoms with Gasteiger partial charge in [0.25, 0.3) is 0 Å². The first-order valence-electron chi connectivity index (χ1n) is 5.73. The molecule has 0 spiro atoms. The first kappa shape index (κ1) is 14.2. The molecule has 0 saturated carbocycles. The van der Waals surface area contributed by atoms with E-state index in [4.69, 9.17) is 5.73 Å². The van der Waals surface area contributed by atoms with Gasteiger partial charge in [-0.05, 0) is 43.4 Å². The number of rotatable bonds is 6. The molecule has 0 aliphatic carbocycles. The van der Waals surface area contributed by atoms with Gasteiger partial charge in [0.1, 0.15) is 0 Å². The monoisotopic (exact) mass is 299 g/mol. The highest BCUT2D eigenvalue weighted by Gasteiger charge is 2.01. The number of halogens is 2. The molecule has 2 nitrogen and oxygen atoms in total. The molecule has 94 valence electrons. The van der Waals surface area contributed by atoms with Crippen molar-refractivity contribution in [3.8, 4) is 0 Å². The smallest absolute Gasteiger partial charge is 0.0909 e. The number of hydrogen-bond donors (Lipinski definition) is 1. The first-order chi connectivity index (χ1) is 8.13. The van der Waals surface area contributed by atoms with E-state index < -0.39 is 0 Å². The Balaban J connectivity index is 2.62. The Hall–Kier alpha value is -0.900. The second-order valence-corrected chi connectivity index (χ2v) is 4.88. The predicted octanol–water partition coefficient (Wildman–Crippen LogP) is 3.62. The number of amidine groups is 1. The maximum Gasteiger partial charge on any atom is 0.0909 e. The molecule has 0 amide bonds. The average Bonchev–Trinajstić information content (AvgIpc) is 2.29. The molecule has 1 rings (SSSR count). The van der Waals surface area contributed by atoms with E-state index in [1.165, 1.54) is 5.56 Å². The zero-order chi connectivity index (χ0) is 12.7. The minimum Gasteiger partial charge on any atom is -0.388 e. The van der Waals surface area contributed by atoms with Gasteiger partial charge >= 0.3 is 0 Å². The molecule has 0 heterocycles. The van der Waals surface area contributed by atoms with E-state index in [1.807, 2.05) is 6.07 Å². The van der Waals surface area contributed by atoms with Crippen LogP contribution in [0.4, 0.5) is 4.39 Å². The van der Waals surface area contributed by atoms with Crippen molar-refractivity contribution in [3.05, 3.63) is 33.8 Å². The van der Waals surface area contributed by atoms with Gasteiger partial charge in [0.15, 0.2) is 0 Å². The molecule has 0 saturated heterocycles. The molecule has 0 unspecified atom stereocenters. The van der Waals surface area contributed by atoms with Crippen LogP contribution in [0.2, 0.25) is 0 Å². The van der Waals surface area contributed by atoms with Gasteiger partial charge in [-0.2, -0.15) is 0 Å². The third-order valence-corrected chi connectivity index (χ3v) is 3.20. The lowest BCUT2D eigenvalue weighted by atomic mass is 10.1. The van der Waals surface area contributed by atoms with Crippen LogP contribution in [-0.2, 0) is 13.0 Å². The van der Waals surface area contributed by atoms with Gasteiger partial charge in [-0.3, -0.25) is 9.38 Å². The van der Waals surface area contributed by atoms with Crippen LogP contribution in [0.5, 0.6) is 0 Å². The van der Waals surface area contributed by atoms with Gasteiger partial charge in [0.05, 0.1) is 19.1 Å². The van der Waals surface area contributed by atoms with E-state index >= 15 is 0 Å². The molecular weight excluding hydrogens is 282 g/mol. The summed E-state index contributed by atoms with van der Waals surface area (Å²) < 4.78 is 13.1. The zero-order valence-corrected chi connectivity index (χ0v) is 11.6. The molecule has 0 atom stereocenters. The lowest BCUT2D eigenvalue weighted by Gasteiger charge is -2.06. The number of nitrogens with zero attached hydrogens (tertiary/aromatic N) is 1. The van der Waals surface area contributed by atoms with Crippen LogP contribution < -0.4 is 5.73 Å². The van der Waals surface area contributed by atoms with Crippen molar-refractivity contribution in [3.63, 3.8) is 0 Å². The Morgan fingerprint density at radius 2 is 2.18 bits per heavy atom. The van der Waals surface area contributed by atoms with E-state index in [-0.39, 0.29) is 6.67 Å². The predicted molar refractivity (Wildman–Crippen MR) is 74.1 cm³/mol. The van der Waals surface area contributed by atoms with Gasteiger partial charge < -0.3 is 5.73 Å². The van der Waals surface area contributed by atoms with Crippen molar-refractivity contribution in [1.82, 2.24) is 0 Å². The van der Waals surface area contributed by atoms with Crippen LogP contribution >= 0.6 is 15.9 Å². The summed E-state index contributed by atoms with van der Waals surface area (Å²) >= 11 is 3.53. The highest BCUT2D eigenvalue weighted by molar-refractivity contribution is 9.10. The quantitative estimate of drug-likeness (QED) is 0.486. The van der Waals surface area contributed by atoms with Crippen LogP contribution in [0.15, 0.2) is 27.7 Å². The standard InChI is InChI=1S/C13H18BrFN2/c1-10(16)17-9-11-5-6-12(13(14)8-11)4-2-3-7-15/h5-6,8H,2-4,7,9H2,1H3,(H2,16,17)/i15-1. The summed E-state index contributed by atoms with van der Waals surface area (Å²) in [6, 6.07) is 6.16. The summed E-state index contributed by atoms with van der Waals surface area (Å²) in [5.74, 6) is 0.591.